The second-order valence-electron chi connectivity index (χ2n) is 3.93. The Balaban J connectivity index is 2.13. The molecule has 0 unspecified atom stereocenters. The highest BCUT2D eigenvalue weighted by atomic mass is 32.2. The van der Waals surface area contributed by atoms with E-state index in [1.807, 2.05) is 0 Å². The number of nitrogens with one attached hydrogen (secondary N) is 2. The summed E-state index contributed by atoms with van der Waals surface area (Å²) in [5.74, 6) is -0.359. The van der Waals surface area contributed by atoms with Crippen molar-refractivity contribution in [2.45, 2.75) is 11.4 Å². The summed E-state index contributed by atoms with van der Waals surface area (Å²) in [6.07, 6.45) is 5.01. The average molecular weight is 292 g/mol. The third-order valence-electron chi connectivity index (χ3n) is 2.65. The molecule has 0 spiro atoms. The minimum Gasteiger partial charge on any atom is -0.348 e. The Morgan fingerprint density at radius 2 is 2.35 bits per heavy atom. The van der Waals surface area contributed by atoms with Crippen molar-refractivity contribution in [1.29, 1.82) is 0 Å². The monoisotopic (exact) mass is 292 g/mol. The zero-order chi connectivity index (χ0) is 14.5. The van der Waals surface area contributed by atoms with E-state index in [1.54, 1.807) is 30.8 Å². The molecule has 0 aliphatic heterocycles. The van der Waals surface area contributed by atoms with Gasteiger partial charge in [-0.25, -0.2) is 0 Å². The minimum atomic E-state index is -0.487. The molecule has 1 heterocycles. The van der Waals surface area contributed by atoms with Crippen LogP contribution in [0, 0.1) is 10.1 Å². The quantitative estimate of drug-likeness (QED) is 0.498. The van der Waals surface area contributed by atoms with Crippen molar-refractivity contribution < 1.29 is 9.72 Å². The molecule has 20 heavy (non-hydrogen) atoms. The second-order valence-corrected chi connectivity index (χ2v) is 4.78. The summed E-state index contributed by atoms with van der Waals surface area (Å²) in [5.41, 5.74) is 1.03. The summed E-state index contributed by atoms with van der Waals surface area (Å²) in [7, 11) is 0. The van der Waals surface area contributed by atoms with Gasteiger partial charge in [0.05, 0.1) is 16.0 Å². The van der Waals surface area contributed by atoms with Gasteiger partial charge in [-0.05, 0) is 18.4 Å². The molecular formula is C12H12N4O3S. The van der Waals surface area contributed by atoms with Gasteiger partial charge in [0.2, 0.25) is 0 Å². The third kappa shape index (κ3) is 3.15. The number of benzene rings is 1. The van der Waals surface area contributed by atoms with Crippen molar-refractivity contribution in [2.75, 3.05) is 6.26 Å². The van der Waals surface area contributed by atoms with Crippen LogP contribution in [-0.4, -0.2) is 27.3 Å². The van der Waals surface area contributed by atoms with Crippen LogP contribution in [0.1, 0.15) is 15.9 Å². The minimum absolute atomic E-state index is 0.0616. The molecule has 0 saturated heterocycles. The molecule has 104 valence electrons. The molecule has 2 rings (SSSR count). The SMILES string of the molecule is CSc1ccc(C(=O)NCc2cn[nH]c2)cc1[N+](=O)[O-]. The highest BCUT2D eigenvalue weighted by Gasteiger charge is 2.16. The molecule has 0 aliphatic rings. The number of rotatable bonds is 5. The largest absolute Gasteiger partial charge is 0.348 e. The van der Waals surface area contributed by atoms with Gasteiger partial charge in [0.1, 0.15) is 0 Å². The number of amides is 1. The Morgan fingerprint density at radius 3 is 2.95 bits per heavy atom. The number of carbonyl (C=O) groups is 1. The normalized spacial score (nSPS) is 10.2. The lowest BCUT2D eigenvalue weighted by molar-refractivity contribution is -0.387. The molecule has 7 nitrogen and oxygen atoms in total. The smallest absolute Gasteiger partial charge is 0.283 e. The Hall–Kier alpha value is -2.35. The van der Waals surface area contributed by atoms with Gasteiger partial charge in [0.15, 0.2) is 0 Å². The molecule has 0 bridgehead atoms. The summed E-state index contributed by atoms with van der Waals surface area (Å²) in [6, 6.07) is 4.44. The van der Waals surface area contributed by atoms with Gasteiger partial charge in [-0.15, -0.1) is 11.8 Å². The number of thioether (sulfide) groups is 1. The van der Waals surface area contributed by atoms with Crippen LogP contribution in [0.5, 0.6) is 0 Å². The van der Waals surface area contributed by atoms with E-state index in [9.17, 15) is 14.9 Å². The van der Waals surface area contributed by atoms with E-state index in [-0.39, 0.29) is 17.2 Å². The summed E-state index contributed by atoms with van der Waals surface area (Å²) >= 11 is 1.27. The first kappa shape index (κ1) is 14.1. The maximum Gasteiger partial charge on any atom is 0.283 e. The van der Waals surface area contributed by atoms with Crippen LogP contribution in [-0.2, 0) is 6.54 Å². The first-order valence-electron chi connectivity index (χ1n) is 5.70. The third-order valence-corrected chi connectivity index (χ3v) is 3.43. The van der Waals surface area contributed by atoms with Crippen LogP contribution in [0.4, 0.5) is 5.69 Å². The number of H-pyrrole nitrogens is 1. The van der Waals surface area contributed by atoms with Crippen LogP contribution in [0.3, 0.4) is 0 Å². The fourth-order valence-corrected chi connectivity index (χ4v) is 2.18. The van der Waals surface area contributed by atoms with Crippen molar-refractivity contribution in [1.82, 2.24) is 15.5 Å². The molecule has 2 N–H and O–H groups in total. The zero-order valence-electron chi connectivity index (χ0n) is 10.6. The molecule has 0 aliphatic carbocycles. The van der Waals surface area contributed by atoms with E-state index in [4.69, 9.17) is 0 Å². The van der Waals surface area contributed by atoms with Crippen LogP contribution < -0.4 is 5.32 Å². The fraction of sp³-hybridized carbons (Fsp3) is 0.167. The highest BCUT2D eigenvalue weighted by Crippen LogP contribution is 2.28. The van der Waals surface area contributed by atoms with Crippen LogP contribution in [0.2, 0.25) is 0 Å². The Morgan fingerprint density at radius 1 is 1.55 bits per heavy atom. The van der Waals surface area contributed by atoms with Crippen LogP contribution in [0.25, 0.3) is 0 Å². The molecule has 1 aromatic carbocycles. The van der Waals surface area contributed by atoms with Crippen LogP contribution >= 0.6 is 11.8 Å². The number of carbonyl (C=O) groups excluding carboxylic acids is 1. The summed E-state index contributed by atoms with van der Waals surface area (Å²) in [5, 5.41) is 20.0. The molecule has 0 radical (unpaired) electrons. The lowest BCUT2D eigenvalue weighted by Crippen LogP contribution is -2.22. The topological polar surface area (TPSA) is 101 Å². The van der Waals surface area contributed by atoms with E-state index in [0.29, 0.717) is 11.4 Å². The number of nitro groups is 1. The number of aromatic nitrogens is 2. The van der Waals surface area contributed by atoms with Crippen molar-refractivity contribution >= 4 is 23.4 Å². The number of nitro benzene ring substituents is 1. The van der Waals surface area contributed by atoms with Gasteiger partial charge in [0.25, 0.3) is 11.6 Å². The number of aromatic amines is 1. The van der Waals surface area contributed by atoms with E-state index in [0.717, 1.165) is 5.56 Å². The maximum atomic E-state index is 11.9. The summed E-state index contributed by atoms with van der Waals surface area (Å²) in [6.45, 7) is 0.313. The standard InChI is InChI=1S/C12H12N4O3S/c1-20-11-3-2-9(4-10(11)16(18)19)12(17)13-5-8-6-14-15-7-8/h2-4,6-7H,5H2,1H3,(H,13,17)(H,14,15). The summed E-state index contributed by atoms with van der Waals surface area (Å²) in [4.78, 5) is 22.9. The molecule has 2 aromatic rings. The number of nitrogens with zero attached hydrogens (tertiary/aromatic N) is 2. The Labute approximate surface area is 118 Å². The predicted octanol–water partition coefficient (Wildman–Crippen LogP) is 1.97. The van der Waals surface area contributed by atoms with E-state index >= 15 is 0 Å². The first-order chi connectivity index (χ1) is 9.61. The van der Waals surface area contributed by atoms with Crippen LogP contribution in [0.15, 0.2) is 35.5 Å². The molecule has 0 atom stereocenters. The summed E-state index contributed by atoms with van der Waals surface area (Å²) < 4.78 is 0. The first-order valence-corrected chi connectivity index (χ1v) is 6.92. The number of hydrogen-bond acceptors (Lipinski definition) is 5. The molecule has 8 heteroatoms. The van der Waals surface area contributed by atoms with Crippen molar-refractivity contribution in [2.24, 2.45) is 0 Å². The van der Waals surface area contributed by atoms with E-state index in [2.05, 4.69) is 15.5 Å². The van der Waals surface area contributed by atoms with Gasteiger partial charge in [-0.1, -0.05) is 0 Å². The average Bonchev–Trinajstić information content (AvgIpc) is 2.97. The molecule has 1 aromatic heterocycles. The number of hydrogen-bond donors (Lipinski definition) is 2. The lowest BCUT2D eigenvalue weighted by atomic mass is 10.2. The molecule has 0 saturated carbocycles. The van der Waals surface area contributed by atoms with Crippen molar-refractivity contribution in [3.05, 3.63) is 51.8 Å². The van der Waals surface area contributed by atoms with Gasteiger partial charge in [0, 0.05) is 29.9 Å². The Bertz CT molecular complexity index is 628. The second kappa shape index (κ2) is 6.20. The molecule has 0 fully saturated rings. The van der Waals surface area contributed by atoms with Crippen molar-refractivity contribution in [3.8, 4) is 0 Å². The molecular weight excluding hydrogens is 280 g/mol. The zero-order valence-corrected chi connectivity index (χ0v) is 11.4. The molecule has 1 amide bonds. The van der Waals surface area contributed by atoms with E-state index < -0.39 is 4.92 Å². The van der Waals surface area contributed by atoms with Crippen molar-refractivity contribution in [3.63, 3.8) is 0 Å². The van der Waals surface area contributed by atoms with E-state index in [1.165, 1.54) is 17.8 Å². The predicted molar refractivity (Wildman–Crippen MR) is 74.6 cm³/mol. The highest BCUT2D eigenvalue weighted by molar-refractivity contribution is 7.98. The van der Waals surface area contributed by atoms with Gasteiger partial charge < -0.3 is 5.32 Å². The van der Waals surface area contributed by atoms with Gasteiger partial charge >= 0.3 is 0 Å². The maximum absolute atomic E-state index is 11.9. The fourth-order valence-electron chi connectivity index (χ4n) is 1.63. The Kier molecular flexibility index (Phi) is 4.36. The van der Waals surface area contributed by atoms with Gasteiger partial charge in [-0.3, -0.25) is 20.0 Å². The lowest BCUT2D eigenvalue weighted by Gasteiger charge is -2.05. The van der Waals surface area contributed by atoms with Gasteiger partial charge in [-0.2, -0.15) is 5.10 Å².